The fraction of sp³-hybridized carbons (Fsp3) is 0.800. The molecule has 2 nitrogen and oxygen atoms in total. The molecule has 22 heavy (non-hydrogen) atoms. The van der Waals surface area contributed by atoms with E-state index in [4.69, 9.17) is 0 Å². The molecule has 0 radical (unpaired) electrons. The van der Waals surface area contributed by atoms with E-state index >= 15 is 0 Å². The molecule has 0 amide bonds. The molecule has 0 aromatic carbocycles. The van der Waals surface area contributed by atoms with Gasteiger partial charge < -0.3 is 0 Å². The molecule has 2 rings (SSSR count). The lowest BCUT2D eigenvalue weighted by molar-refractivity contribution is -0.134. The van der Waals surface area contributed by atoms with Gasteiger partial charge in [-0.05, 0) is 73.7 Å². The molecule has 0 aromatic rings. The van der Waals surface area contributed by atoms with Gasteiger partial charge in [0, 0.05) is 6.42 Å². The summed E-state index contributed by atoms with van der Waals surface area (Å²) in [7, 11) is 0. The summed E-state index contributed by atoms with van der Waals surface area (Å²) in [5.41, 5.74) is 0.955. The largest absolute Gasteiger partial charge is 0.290 e. The van der Waals surface area contributed by atoms with Crippen LogP contribution in [0.4, 0.5) is 0 Å². The normalized spacial score (nSPS) is 40.1. The fourth-order valence-corrected chi connectivity index (χ4v) is 4.69. The lowest BCUT2D eigenvalue weighted by Crippen LogP contribution is -2.27. The van der Waals surface area contributed by atoms with Gasteiger partial charge in [-0.2, -0.15) is 0 Å². The maximum atomic E-state index is 12.2. The molecule has 2 aliphatic carbocycles. The number of Topliss-reactive ketones (excluding diaryl/α,β-unsaturated/α-hetero) is 2. The molecule has 2 heteroatoms. The summed E-state index contributed by atoms with van der Waals surface area (Å²) in [4.78, 5) is 24.2. The molecule has 1 saturated carbocycles. The molecule has 4 atom stereocenters. The van der Waals surface area contributed by atoms with Crippen molar-refractivity contribution in [2.24, 2.45) is 29.1 Å². The second-order valence-electron chi connectivity index (χ2n) is 8.44. The van der Waals surface area contributed by atoms with Crippen molar-refractivity contribution in [3.8, 4) is 0 Å². The maximum absolute atomic E-state index is 12.2. The number of ketones is 2. The van der Waals surface area contributed by atoms with Gasteiger partial charge in [-0.3, -0.25) is 9.59 Å². The fourth-order valence-electron chi connectivity index (χ4n) is 4.69. The summed E-state index contributed by atoms with van der Waals surface area (Å²) in [5, 5.41) is 0. The molecule has 0 aliphatic heterocycles. The van der Waals surface area contributed by atoms with Crippen molar-refractivity contribution < 1.29 is 9.59 Å². The van der Waals surface area contributed by atoms with E-state index < -0.39 is 0 Å². The average molecular weight is 304 g/mol. The monoisotopic (exact) mass is 304 g/mol. The highest BCUT2D eigenvalue weighted by Crippen LogP contribution is 2.54. The number of hydrogen-bond acceptors (Lipinski definition) is 2. The van der Waals surface area contributed by atoms with Crippen LogP contribution in [0, 0.1) is 29.1 Å². The Kier molecular flexibility index (Phi) is 5.29. The van der Waals surface area contributed by atoms with E-state index in [0.29, 0.717) is 23.3 Å². The number of fused-ring (bicyclic) bond motifs is 1. The van der Waals surface area contributed by atoms with Gasteiger partial charge in [0.05, 0.1) is 0 Å². The number of allylic oxidation sites excluding steroid dienone is 2. The molecule has 0 saturated heterocycles. The van der Waals surface area contributed by atoms with Crippen LogP contribution in [0.5, 0.6) is 0 Å². The molecule has 0 unspecified atom stereocenters. The molecule has 0 heterocycles. The van der Waals surface area contributed by atoms with E-state index in [9.17, 15) is 9.59 Å². The summed E-state index contributed by atoms with van der Waals surface area (Å²) in [5.74, 6) is 2.10. The molecule has 0 aromatic heterocycles. The molecule has 2 aliphatic rings. The Morgan fingerprint density at radius 2 is 1.86 bits per heavy atom. The van der Waals surface area contributed by atoms with Gasteiger partial charge in [0.2, 0.25) is 11.6 Å². The molecule has 0 N–H and O–H groups in total. The highest BCUT2D eigenvalue weighted by molar-refractivity contribution is 6.43. The first kappa shape index (κ1) is 17.4. The van der Waals surface area contributed by atoms with Crippen LogP contribution in [0.3, 0.4) is 0 Å². The van der Waals surface area contributed by atoms with E-state index in [1.807, 2.05) is 13.0 Å². The minimum absolute atomic E-state index is 0.195. The Bertz CT molecular complexity index is 474. The van der Waals surface area contributed by atoms with Crippen molar-refractivity contribution in [1.29, 1.82) is 0 Å². The standard InChI is InChI=1S/C20H32O2/c1-13(2)16-9-11-20(5)10-8-15(4)19(22)18(21)12-14(3)6-7-17(16)20/h8,13-14,16-17H,6-7,9-12H2,1-5H3/b15-8+/t14-,16+,17-,20-/m0/s1. The minimum Gasteiger partial charge on any atom is -0.290 e. The Hall–Kier alpha value is -0.920. The zero-order valence-corrected chi connectivity index (χ0v) is 14.9. The highest BCUT2D eigenvalue weighted by atomic mass is 16.2. The number of carbonyl (C=O) groups is 2. The highest BCUT2D eigenvalue weighted by Gasteiger charge is 2.45. The van der Waals surface area contributed by atoms with Crippen LogP contribution in [-0.4, -0.2) is 11.6 Å². The van der Waals surface area contributed by atoms with Crippen LogP contribution in [0.1, 0.15) is 73.1 Å². The summed E-state index contributed by atoms with van der Waals surface area (Å²) >= 11 is 0. The van der Waals surface area contributed by atoms with Gasteiger partial charge in [0.25, 0.3) is 0 Å². The number of rotatable bonds is 1. The zero-order chi connectivity index (χ0) is 16.5. The first-order valence-electron chi connectivity index (χ1n) is 8.99. The third kappa shape index (κ3) is 3.52. The van der Waals surface area contributed by atoms with Gasteiger partial charge in [-0.15, -0.1) is 0 Å². The number of hydrogen-bond donors (Lipinski definition) is 0. The predicted molar refractivity (Wildman–Crippen MR) is 90.6 cm³/mol. The first-order valence-corrected chi connectivity index (χ1v) is 8.99. The quantitative estimate of drug-likeness (QED) is 0.641. The van der Waals surface area contributed by atoms with Gasteiger partial charge >= 0.3 is 0 Å². The Labute approximate surface area is 135 Å². The second-order valence-corrected chi connectivity index (χ2v) is 8.44. The van der Waals surface area contributed by atoms with Gasteiger partial charge in [-0.1, -0.05) is 33.8 Å². The van der Waals surface area contributed by atoms with Crippen LogP contribution in [0.2, 0.25) is 0 Å². The molecule has 0 bridgehead atoms. The summed E-state index contributed by atoms with van der Waals surface area (Å²) < 4.78 is 0. The SMILES string of the molecule is C/C1=C\C[C@@]2(C)CC[C@H](C(C)C)[C@@H]2CC[C@H](C)CC(=O)C1=O. The first-order chi connectivity index (χ1) is 10.2. The smallest absolute Gasteiger partial charge is 0.223 e. The average Bonchev–Trinajstić information content (AvgIpc) is 2.78. The van der Waals surface area contributed by atoms with E-state index in [1.165, 1.54) is 19.3 Å². The van der Waals surface area contributed by atoms with Gasteiger partial charge in [0.15, 0.2) is 0 Å². The summed E-state index contributed by atoms with van der Waals surface area (Å²) in [6, 6.07) is 0. The van der Waals surface area contributed by atoms with Crippen LogP contribution >= 0.6 is 0 Å². The molecule has 1 fully saturated rings. The zero-order valence-electron chi connectivity index (χ0n) is 14.9. The lowest BCUT2D eigenvalue weighted by atomic mass is 9.69. The van der Waals surface area contributed by atoms with Gasteiger partial charge in [0.1, 0.15) is 0 Å². The Morgan fingerprint density at radius 3 is 2.50 bits per heavy atom. The van der Waals surface area contributed by atoms with Crippen molar-refractivity contribution >= 4 is 11.6 Å². The van der Waals surface area contributed by atoms with E-state index in [2.05, 4.69) is 27.7 Å². The minimum atomic E-state index is -0.257. The third-order valence-electron chi connectivity index (χ3n) is 6.31. The van der Waals surface area contributed by atoms with Crippen molar-refractivity contribution in [1.82, 2.24) is 0 Å². The second kappa shape index (κ2) is 6.68. The van der Waals surface area contributed by atoms with Crippen LogP contribution in [-0.2, 0) is 9.59 Å². The van der Waals surface area contributed by atoms with Crippen molar-refractivity contribution in [2.75, 3.05) is 0 Å². The molecule has 124 valence electrons. The van der Waals surface area contributed by atoms with Gasteiger partial charge in [-0.25, -0.2) is 0 Å². The molecular weight excluding hydrogens is 272 g/mol. The van der Waals surface area contributed by atoms with Crippen molar-refractivity contribution in [2.45, 2.75) is 73.1 Å². The Balaban J connectivity index is 2.30. The Morgan fingerprint density at radius 1 is 1.18 bits per heavy atom. The predicted octanol–water partition coefficient (Wildman–Crippen LogP) is 4.97. The van der Waals surface area contributed by atoms with E-state index in [0.717, 1.165) is 30.6 Å². The topological polar surface area (TPSA) is 34.1 Å². The summed E-state index contributed by atoms with van der Waals surface area (Å²) in [6.45, 7) is 11.0. The van der Waals surface area contributed by atoms with Crippen LogP contribution < -0.4 is 0 Å². The summed E-state index contributed by atoms with van der Waals surface area (Å²) in [6.07, 6.45) is 8.25. The third-order valence-corrected chi connectivity index (χ3v) is 6.31. The molecule has 0 spiro atoms. The van der Waals surface area contributed by atoms with E-state index in [1.54, 1.807) is 0 Å². The maximum Gasteiger partial charge on any atom is 0.223 e. The number of carbonyl (C=O) groups excluding carboxylic acids is 2. The van der Waals surface area contributed by atoms with Crippen molar-refractivity contribution in [3.63, 3.8) is 0 Å². The molecular formula is C20H32O2. The van der Waals surface area contributed by atoms with E-state index in [-0.39, 0.29) is 11.6 Å². The van der Waals surface area contributed by atoms with Crippen LogP contribution in [0.15, 0.2) is 11.6 Å². The van der Waals surface area contributed by atoms with Crippen LogP contribution in [0.25, 0.3) is 0 Å². The lowest BCUT2D eigenvalue weighted by Gasteiger charge is -2.36. The van der Waals surface area contributed by atoms with Crippen molar-refractivity contribution in [3.05, 3.63) is 11.6 Å².